The van der Waals surface area contributed by atoms with Crippen molar-refractivity contribution in [2.24, 2.45) is 0 Å². The molecule has 0 unspecified atom stereocenters. The molecule has 3 aromatic rings. The minimum absolute atomic E-state index is 0.171. The van der Waals surface area contributed by atoms with Crippen molar-refractivity contribution in [3.8, 4) is 0 Å². The second-order valence-electron chi connectivity index (χ2n) is 5.24. The minimum atomic E-state index is -1.00. The van der Waals surface area contributed by atoms with Gasteiger partial charge in [0.1, 0.15) is 11.3 Å². The number of fused-ring (bicyclic) bond motifs is 1. The van der Waals surface area contributed by atoms with E-state index in [1.165, 1.54) is 12.1 Å². The van der Waals surface area contributed by atoms with Gasteiger partial charge in [-0.25, -0.2) is 9.78 Å². The van der Waals surface area contributed by atoms with Crippen LogP contribution in [0.3, 0.4) is 0 Å². The Morgan fingerprint density at radius 1 is 1.09 bits per heavy atom. The van der Waals surface area contributed by atoms with Crippen molar-refractivity contribution in [2.75, 3.05) is 5.32 Å². The summed E-state index contributed by atoms with van der Waals surface area (Å²) in [4.78, 5) is 27.8. The van der Waals surface area contributed by atoms with E-state index in [-0.39, 0.29) is 11.5 Å². The van der Waals surface area contributed by atoms with Crippen molar-refractivity contribution in [1.82, 2.24) is 9.38 Å². The van der Waals surface area contributed by atoms with E-state index in [0.29, 0.717) is 22.7 Å². The molecule has 6 nitrogen and oxygen atoms in total. The molecular weight excluding hydrogens is 294 g/mol. The Bertz CT molecular complexity index is 911. The molecule has 6 heteroatoms. The minimum Gasteiger partial charge on any atom is -0.478 e. The number of benzene rings is 1. The lowest BCUT2D eigenvalue weighted by molar-refractivity contribution is 0.0696. The Balaban J connectivity index is 1.95. The Morgan fingerprint density at radius 2 is 1.78 bits per heavy atom. The first-order valence-corrected chi connectivity index (χ1v) is 7.07. The lowest BCUT2D eigenvalue weighted by Gasteiger charge is -2.08. The van der Waals surface area contributed by atoms with E-state index >= 15 is 0 Å². The highest BCUT2D eigenvalue weighted by molar-refractivity contribution is 6.04. The highest BCUT2D eigenvalue weighted by atomic mass is 16.4. The van der Waals surface area contributed by atoms with Crippen molar-refractivity contribution >= 4 is 23.2 Å². The summed E-state index contributed by atoms with van der Waals surface area (Å²) in [7, 11) is 0. The number of carboxylic acid groups (broad SMARTS) is 1. The highest BCUT2D eigenvalue weighted by Gasteiger charge is 2.18. The fraction of sp³-hybridized carbons (Fsp3) is 0.118. The van der Waals surface area contributed by atoms with Crippen LogP contribution in [0.4, 0.5) is 5.69 Å². The molecule has 0 saturated heterocycles. The summed E-state index contributed by atoms with van der Waals surface area (Å²) in [5.41, 5.74) is 3.44. The predicted molar refractivity (Wildman–Crippen MR) is 86.0 cm³/mol. The largest absolute Gasteiger partial charge is 0.478 e. The fourth-order valence-electron chi connectivity index (χ4n) is 2.52. The monoisotopic (exact) mass is 309 g/mol. The van der Waals surface area contributed by atoms with Crippen LogP contribution in [-0.4, -0.2) is 26.4 Å². The number of anilines is 1. The molecule has 0 radical (unpaired) electrons. The lowest BCUT2D eigenvalue weighted by atomic mass is 10.2. The normalized spacial score (nSPS) is 10.7. The summed E-state index contributed by atoms with van der Waals surface area (Å²) in [5.74, 6) is -1.29. The zero-order valence-electron chi connectivity index (χ0n) is 12.7. The van der Waals surface area contributed by atoms with Gasteiger partial charge in [-0.3, -0.25) is 9.20 Å². The van der Waals surface area contributed by atoms with Crippen LogP contribution < -0.4 is 5.32 Å². The molecule has 0 fully saturated rings. The molecule has 2 aromatic heterocycles. The van der Waals surface area contributed by atoms with Crippen LogP contribution in [0.2, 0.25) is 0 Å². The van der Waals surface area contributed by atoms with Crippen LogP contribution in [0, 0.1) is 13.8 Å². The van der Waals surface area contributed by atoms with Gasteiger partial charge in [0.15, 0.2) is 0 Å². The molecular formula is C17H15N3O3. The average Bonchev–Trinajstić information content (AvgIpc) is 2.85. The standard InChI is InChI=1S/C17H15N3O3/c1-10-4-3-5-14-18-11(2)15(20(10)14)16(21)19-13-8-6-12(7-9-13)17(22)23/h3-9H,1-2H3,(H,19,21)(H,22,23). The van der Waals surface area contributed by atoms with Gasteiger partial charge in [-0.05, 0) is 50.2 Å². The van der Waals surface area contributed by atoms with Gasteiger partial charge in [0.25, 0.3) is 5.91 Å². The molecule has 2 N–H and O–H groups in total. The lowest BCUT2D eigenvalue weighted by Crippen LogP contribution is -2.16. The number of aromatic carboxylic acids is 1. The number of pyridine rings is 1. The maximum absolute atomic E-state index is 12.6. The van der Waals surface area contributed by atoms with Gasteiger partial charge < -0.3 is 10.4 Å². The number of imidazole rings is 1. The summed E-state index contributed by atoms with van der Waals surface area (Å²) >= 11 is 0. The first-order chi connectivity index (χ1) is 11.0. The quantitative estimate of drug-likeness (QED) is 0.779. The third-order valence-electron chi connectivity index (χ3n) is 3.62. The number of rotatable bonds is 3. The van der Waals surface area contributed by atoms with Gasteiger partial charge in [-0.1, -0.05) is 6.07 Å². The fourth-order valence-corrected chi connectivity index (χ4v) is 2.52. The van der Waals surface area contributed by atoms with E-state index in [4.69, 9.17) is 5.11 Å². The van der Waals surface area contributed by atoms with Crippen LogP contribution in [0.1, 0.15) is 32.2 Å². The number of carboxylic acids is 1. The second-order valence-corrected chi connectivity index (χ2v) is 5.24. The topological polar surface area (TPSA) is 83.7 Å². The number of nitrogens with zero attached hydrogens (tertiary/aromatic N) is 2. The van der Waals surface area contributed by atoms with Gasteiger partial charge in [-0.2, -0.15) is 0 Å². The predicted octanol–water partition coefficient (Wildman–Crippen LogP) is 2.90. The van der Waals surface area contributed by atoms with E-state index in [1.54, 1.807) is 23.5 Å². The molecule has 0 spiro atoms. The first-order valence-electron chi connectivity index (χ1n) is 7.07. The van der Waals surface area contributed by atoms with Crippen LogP contribution in [0.15, 0.2) is 42.5 Å². The molecule has 0 atom stereocenters. The Hall–Kier alpha value is -3.15. The molecule has 0 bridgehead atoms. The van der Waals surface area contributed by atoms with Crippen LogP contribution in [-0.2, 0) is 0 Å². The number of amides is 1. The van der Waals surface area contributed by atoms with E-state index in [1.807, 2.05) is 25.1 Å². The number of aryl methyl sites for hydroxylation is 2. The number of aromatic nitrogens is 2. The van der Waals surface area contributed by atoms with E-state index < -0.39 is 5.97 Å². The first kappa shape index (κ1) is 14.8. The molecule has 116 valence electrons. The van der Waals surface area contributed by atoms with Crippen LogP contribution in [0.25, 0.3) is 5.65 Å². The number of carbonyl (C=O) groups is 2. The molecule has 0 saturated carbocycles. The Morgan fingerprint density at radius 3 is 2.43 bits per heavy atom. The van der Waals surface area contributed by atoms with E-state index in [2.05, 4.69) is 10.3 Å². The van der Waals surface area contributed by atoms with Crippen molar-refractivity contribution in [2.45, 2.75) is 13.8 Å². The Labute approximate surface area is 132 Å². The molecule has 0 aliphatic heterocycles. The maximum Gasteiger partial charge on any atom is 0.335 e. The molecule has 1 amide bonds. The molecule has 0 aliphatic rings. The number of hydrogen-bond acceptors (Lipinski definition) is 3. The summed E-state index contributed by atoms with van der Waals surface area (Å²) in [5, 5.41) is 11.7. The third-order valence-corrected chi connectivity index (χ3v) is 3.62. The number of carbonyl (C=O) groups excluding carboxylic acids is 1. The van der Waals surface area contributed by atoms with Crippen LogP contribution in [0.5, 0.6) is 0 Å². The van der Waals surface area contributed by atoms with Crippen molar-refractivity contribution in [3.05, 3.63) is 65.1 Å². The second kappa shape index (κ2) is 5.57. The Kier molecular flexibility index (Phi) is 3.57. The van der Waals surface area contributed by atoms with Crippen molar-refractivity contribution in [3.63, 3.8) is 0 Å². The summed E-state index contributed by atoms with van der Waals surface area (Å²) in [6.07, 6.45) is 0. The summed E-state index contributed by atoms with van der Waals surface area (Å²) in [6.45, 7) is 3.70. The molecule has 3 rings (SSSR count). The molecule has 23 heavy (non-hydrogen) atoms. The number of nitrogens with one attached hydrogen (secondary N) is 1. The van der Waals surface area contributed by atoms with E-state index in [0.717, 1.165) is 5.69 Å². The van der Waals surface area contributed by atoms with Crippen molar-refractivity contribution < 1.29 is 14.7 Å². The van der Waals surface area contributed by atoms with Gasteiger partial charge in [0.05, 0.1) is 11.3 Å². The SMILES string of the molecule is Cc1nc2cccc(C)n2c1C(=O)Nc1ccc(C(=O)O)cc1. The summed E-state index contributed by atoms with van der Waals surface area (Å²) < 4.78 is 1.80. The van der Waals surface area contributed by atoms with Gasteiger partial charge >= 0.3 is 5.97 Å². The molecule has 2 heterocycles. The number of hydrogen-bond donors (Lipinski definition) is 2. The maximum atomic E-state index is 12.6. The molecule has 0 aliphatic carbocycles. The van der Waals surface area contributed by atoms with Gasteiger partial charge in [-0.15, -0.1) is 0 Å². The smallest absolute Gasteiger partial charge is 0.335 e. The molecule has 1 aromatic carbocycles. The van der Waals surface area contributed by atoms with E-state index in [9.17, 15) is 9.59 Å². The highest BCUT2D eigenvalue weighted by Crippen LogP contribution is 2.17. The van der Waals surface area contributed by atoms with Crippen molar-refractivity contribution in [1.29, 1.82) is 0 Å². The van der Waals surface area contributed by atoms with Crippen LogP contribution >= 0.6 is 0 Å². The average molecular weight is 309 g/mol. The zero-order valence-corrected chi connectivity index (χ0v) is 12.7. The zero-order chi connectivity index (χ0) is 16.6. The van der Waals surface area contributed by atoms with Gasteiger partial charge in [0, 0.05) is 11.4 Å². The summed E-state index contributed by atoms with van der Waals surface area (Å²) in [6, 6.07) is 11.7. The van der Waals surface area contributed by atoms with Gasteiger partial charge in [0.2, 0.25) is 0 Å². The third kappa shape index (κ3) is 2.66.